The van der Waals surface area contributed by atoms with E-state index in [4.69, 9.17) is 4.74 Å². The van der Waals surface area contributed by atoms with Gasteiger partial charge in [-0.2, -0.15) is 0 Å². The third kappa shape index (κ3) is 2.93. The third-order valence-electron chi connectivity index (χ3n) is 4.89. The maximum Gasteiger partial charge on any atom is 0.308 e. The molecule has 2 aliphatic rings. The lowest BCUT2D eigenvalue weighted by atomic mass is 9.69. The highest BCUT2D eigenvalue weighted by Crippen LogP contribution is 2.41. The number of hydrogen-bond acceptors (Lipinski definition) is 2. The minimum atomic E-state index is -0.0249. The Bertz CT molecular complexity index is 394. The van der Waals surface area contributed by atoms with Crippen LogP contribution in [0.25, 0.3) is 0 Å². The van der Waals surface area contributed by atoms with Crippen LogP contribution >= 0.6 is 0 Å². The van der Waals surface area contributed by atoms with E-state index in [2.05, 4.69) is 32.1 Å². The first-order valence-corrected chi connectivity index (χ1v) is 7.63. The fourth-order valence-electron chi connectivity index (χ4n) is 3.10. The Hall–Kier alpha value is -1.05. The van der Waals surface area contributed by atoms with Crippen LogP contribution in [0.3, 0.4) is 0 Å². The predicted octanol–water partition coefficient (Wildman–Crippen LogP) is 4.12. The zero-order valence-electron chi connectivity index (χ0n) is 12.6. The molecule has 2 heteroatoms. The zero-order chi connectivity index (χ0) is 14.0. The highest BCUT2D eigenvalue weighted by molar-refractivity contribution is 5.72. The molecule has 0 heterocycles. The lowest BCUT2D eigenvalue weighted by Gasteiger charge is -2.40. The molecule has 106 valence electrons. The van der Waals surface area contributed by atoms with E-state index in [0.717, 1.165) is 19.3 Å². The molecule has 0 spiro atoms. The quantitative estimate of drug-likeness (QED) is 0.715. The van der Waals surface area contributed by atoms with Crippen molar-refractivity contribution < 1.29 is 9.53 Å². The fraction of sp³-hybridized carbons (Fsp3) is 0.706. The molecular formula is C17H26O2. The van der Waals surface area contributed by atoms with Gasteiger partial charge in [0, 0.05) is 5.92 Å². The summed E-state index contributed by atoms with van der Waals surface area (Å²) >= 11 is 0. The van der Waals surface area contributed by atoms with Crippen LogP contribution in [0.5, 0.6) is 0 Å². The molecule has 0 aromatic rings. The summed E-state index contributed by atoms with van der Waals surface area (Å²) in [7, 11) is 0. The number of rotatable bonds is 3. The maximum atomic E-state index is 12.0. The molecule has 0 aromatic carbocycles. The molecule has 0 saturated carbocycles. The van der Waals surface area contributed by atoms with Crippen molar-refractivity contribution in [1.82, 2.24) is 0 Å². The average Bonchev–Trinajstić information content (AvgIpc) is 2.42. The SMILES string of the molecule is CC[C@@H](C)C(=O)O[C@H]1CCC=C2C=C[C@H](C)[C@H](C)[C@H]21. The van der Waals surface area contributed by atoms with Gasteiger partial charge >= 0.3 is 5.97 Å². The normalized spacial score (nSPS) is 35.3. The molecule has 2 nitrogen and oxygen atoms in total. The monoisotopic (exact) mass is 262 g/mol. The summed E-state index contributed by atoms with van der Waals surface area (Å²) in [6.07, 6.45) is 9.76. The van der Waals surface area contributed by atoms with Crippen molar-refractivity contribution in [3.63, 3.8) is 0 Å². The van der Waals surface area contributed by atoms with Gasteiger partial charge in [-0.05, 0) is 36.7 Å². The number of carbonyl (C=O) groups excluding carboxylic acids is 1. The first-order valence-electron chi connectivity index (χ1n) is 7.63. The zero-order valence-corrected chi connectivity index (χ0v) is 12.6. The molecule has 0 aliphatic heterocycles. The minimum absolute atomic E-state index is 0.0150. The highest BCUT2D eigenvalue weighted by Gasteiger charge is 2.37. The molecule has 0 N–H and O–H groups in total. The van der Waals surface area contributed by atoms with E-state index in [1.54, 1.807) is 0 Å². The van der Waals surface area contributed by atoms with Crippen molar-refractivity contribution in [1.29, 1.82) is 0 Å². The minimum Gasteiger partial charge on any atom is -0.461 e. The van der Waals surface area contributed by atoms with Gasteiger partial charge in [-0.3, -0.25) is 4.79 Å². The van der Waals surface area contributed by atoms with E-state index in [1.165, 1.54) is 5.57 Å². The van der Waals surface area contributed by atoms with Gasteiger partial charge in [0.15, 0.2) is 0 Å². The Morgan fingerprint density at radius 1 is 1.47 bits per heavy atom. The molecule has 0 unspecified atom stereocenters. The van der Waals surface area contributed by atoms with Gasteiger partial charge in [-0.1, -0.05) is 45.9 Å². The molecule has 0 aromatic heterocycles. The van der Waals surface area contributed by atoms with Gasteiger partial charge in [-0.15, -0.1) is 0 Å². The van der Waals surface area contributed by atoms with E-state index >= 15 is 0 Å². The number of carbonyl (C=O) groups is 1. The predicted molar refractivity (Wildman–Crippen MR) is 77.6 cm³/mol. The van der Waals surface area contributed by atoms with Crippen LogP contribution < -0.4 is 0 Å². The van der Waals surface area contributed by atoms with E-state index in [1.807, 2.05) is 13.8 Å². The number of ether oxygens (including phenoxy) is 1. The summed E-state index contributed by atoms with van der Waals surface area (Å²) in [5, 5.41) is 0. The van der Waals surface area contributed by atoms with Gasteiger partial charge in [0.2, 0.25) is 0 Å². The molecule has 0 bridgehead atoms. The van der Waals surface area contributed by atoms with Gasteiger partial charge in [-0.25, -0.2) is 0 Å². The second kappa shape index (κ2) is 5.94. The van der Waals surface area contributed by atoms with Crippen molar-refractivity contribution in [3.8, 4) is 0 Å². The molecular weight excluding hydrogens is 236 g/mol. The Kier molecular flexibility index (Phi) is 4.49. The summed E-state index contributed by atoms with van der Waals surface area (Å²) in [4.78, 5) is 12.0. The van der Waals surface area contributed by atoms with Crippen molar-refractivity contribution in [2.45, 2.75) is 53.1 Å². The van der Waals surface area contributed by atoms with E-state index < -0.39 is 0 Å². The van der Waals surface area contributed by atoms with E-state index in [9.17, 15) is 4.79 Å². The Labute approximate surface area is 116 Å². The summed E-state index contributed by atoms with van der Waals surface area (Å²) in [5.41, 5.74) is 1.37. The summed E-state index contributed by atoms with van der Waals surface area (Å²) in [6.45, 7) is 8.52. The second-order valence-corrected chi connectivity index (χ2v) is 6.17. The Morgan fingerprint density at radius 3 is 2.89 bits per heavy atom. The lowest BCUT2D eigenvalue weighted by Crippen LogP contribution is -2.38. The highest BCUT2D eigenvalue weighted by atomic mass is 16.5. The van der Waals surface area contributed by atoms with Gasteiger partial charge < -0.3 is 4.74 Å². The fourth-order valence-corrected chi connectivity index (χ4v) is 3.10. The molecule has 2 rings (SSSR count). The molecule has 19 heavy (non-hydrogen) atoms. The molecule has 0 radical (unpaired) electrons. The molecule has 0 amide bonds. The smallest absolute Gasteiger partial charge is 0.308 e. The molecule has 0 fully saturated rings. The van der Waals surface area contributed by atoms with E-state index in [-0.39, 0.29) is 18.0 Å². The summed E-state index contributed by atoms with van der Waals surface area (Å²) in [5.74, 6) is 1.49. The largest absolute Gasteiger partial charge is 0.461 e. The van der Waals surface area contributed by atoms with Crippen molar-refractivity contribution in [2.24, 2.45) is 23.7 Å². The standard InChI is InChI=1S/C17H26O2/c1-5-11(2)17(18)19-15-8-6-7-14-10-9-12(3)13(4)16(14)15/h7,9-13,15-16H,5-6,8H2,1-4H3/t11-,12+,13+,15+,16-/m1/s1. The molecule has 2 aliphatic carbocycles. The van der Waals surface area contributed by atoms with Crippen molar-refractivity contribution in [3.05, 3.63) is 23.8 Å². The Morgan fingerprint density at radius 2 is 2.21 bits per heavy atom. The van der Waals surface area contributed by atoms with Crippen LogP contribution in [0.2, 0.25) is 0 Å². The maximum absolute atomic E-state index is 12.0. The van der Waals surface area contributed by atoms with Crippen LogP contribution in [0.1, 0.15) is 47.0 Å². The third-order valence-corrected chi connectivity index (χ3v) is 4.89. The van der Waals surface area contributed by atoms with Gasteiger partial charge in [0.1, 0.15) is 6.10 Å². The van der Waals surface area contributed by atoms with Crippen LogP contribution in [-0.2, 0) is 9.53 Å². The van der Waals surface area contributed by atoms with Crippen molar-refractivity contribution >= 4 is 5.97 Å². The molecule has 0 saturated heterocycles. The van der Waals surface area contributed by atoms with Crippen LogP contribution in [0, 0.1) is 23.7 Å². The van der Waals surface area contributed by atoms with E-state index in [0.29, 0.717) is 17.8 Å². The van der Waals surface area contributed by atoms with Crippen LogP contribution in [0.15, 0.2) is 23.8 Å². The Balaban J connectivity index is 2.12. The summed E-state index contributed by atoms with van der Waals surface area (Å²) in [6, 6.07) is 0. The first-order chi connectivity index (χ1) is 9.04. The van der Waals surface area contributed by atoms with Gasteiger partial charge in [0.25, 0.3) is 0 Å². The summed E-state index contributed by atoms with van der Waals surface area (Å²) < 4.78 is 5.82. The number of fused-ring (bicyclic) bond motifs is 1. The molecule has 5 atom stereocenters. The topological polar surface area (TPSA) is 26.3 Å². The number of allylic oxidation sites excluding steroid dienone is 3. The second-order valence-electron chi connectivity index (χ2n) is 6.17. The van der Waals surface area contributed by atoms with Crippen LogP contribution in [-0.4, -0.2) is 12.1 Å². The van der Waals surface area contributed by atoms with Crippen molar-refractivity contribution in [2.75, 3.05) is 0 Å². The lowest BCUT2D eigenvalue weighted by molar-refractivity contribution is -0.157. The van der Waals surface area contributed by atoms with Crippen LogP contribution in [0.4, 0.5) is 0 Å². The number of hydrogen-bond donors (Lipinski definition) is 0. The van der Waals surface area contributed by atoms with Gasteiger partial charge in [0.05, 0.1) is 5.92 Å². The number of esters is 1. The first kappa shape index (κ1) is 14.4. The average molecular weight is 262 g/mol.